The summed E-state index contributed by atoms with van der Waals surface area (Å²) >= 11 is 0. The first-order valence-electron chi connectivity index (χ1n) is 8.62. The van der Waals surface area contributed by atoms with Crippen molar-refractivity contribution in [3.8, 4) is 11.5 Å². The minimum atomic E-state index is -2.61. The van der Waals surface area contributed by atoms with Gasteiger partial charge in [0, 0.05) is 12.6 Å². The Labute approximate surface area is 145 Å². The molecule has 0 N–H and O–H groups in total. The highest BCUT2D eigenvalue weighted by molar-refractivity contribution is 5.97. The van der Waals surface area contributed by atoms with Crippen LogP contribution in [0.1, 0.15) is 36.0 Å². The molecule has 0 radical (unpaired) electrons. The number of ether oxygens (including phenoxy) is 3. The molecule has 1 saturated carbocycles. The van der Waals surface area contributed by atoms with E-state index < -0.39 is 12.5 Å². The van der Waals surface area contributed by atoms with E-state index in [4.69, 9.17) is 14.2 Å². The second-order valence-corrected chi connectivity index (χ2v) is 6.38. The van der Waals surface area contributed by atoms with Crippen molar-refractivity contribution in [3.05, 3.63) is 23.8 Å². The van der Waals surface area contributed by atoms with E-state index in [1.165, 1.54) is 4.90 Å². The monoisotopic (exact) mass is 355 g/mol. The molecule has 1 unspecified atom stereocenters. The summed E-state index contributed by atoms with van der Waals surface area (Å²) in [5.41, 5.74) is 0.377. The average Bonchev–Trinajstić information content (AvgIpc) is 3.14. The molecule has 5 nitrogen and oxygen atoms in total. The van der Waals surface area contributed by atoms with E-state index in [9.17, 15) is 13.6 Å². The Morgan fingerprint density at radius 2 is 2.08 bits per heavy atom. The van der Waals surface area contributed by atoms with Crippen molar-refractivity contribution in [2.75, 3.05) is 26.8 Å². The van der Waals surface area contributed by atoms with Gasteiger partial charge in [0.15, 0.2) is 0 Å². The number of nitrogens with zero attached hydrogens (tertiary/aromatic N) is 1. The number of benzene rings is 1. The predicted octanol–water partition coefficient (Wildman–Crippen LogP) is 3.12. The summed E-state index contributed by atoms with van der Waals surface area (Å²) < 4.78 is 42.1. The Balaban J connectivity index is 1.80. The summed E-state index contributed by atoms with van der Waals surface area (Å²) in [6.07, 6.45) is 0.355. The smallest absolute Gasteiger partial charge is 0.266 e. The molecule has 2 fully saturated rings. The number of amides is 1. The molecule has 1 heterocycles. The standard InChI is InChI=1S/C18H23F2NO4/c1-23-13-6-7-14(15(10-13)25-12-4-2-3-5-12)18(22)21-8-9-24-16(11-21)17(19)20/h6-7,10,12,16-17H,2-5,8-9,11H2,1H3. The minimum absolute atomic E-state index is 0.0807. The second kappa shape index (κ2) is 7.99. The fraction of sp³-hybridized carbons (Fsp3) is 0.611. The molecule has 0 spiro atoms. The molecule has 25 heavy (non-hydrogen) atoms. The molecule has 0 bridgehead atoms. The summed E-state index contributed by atoms with van der Waals surface area (Å²) in [6, 6.07) is 5.01. The van der Waals surface area contributed by atoms with E-state index in [2.05, 4.69) is 0 Å². The number of methoxy groups -OCH3 is 1. The van der Waals surface area contributed by atoms with Crippen LogP contribution in [0, 0.1) is 0 Å². The third kappa shape index (κ3) is 4.21. The molecule has 3 rings (SSSR count). The SMILES string of the molecule is COc1ccc(C(=O)N2CCOC(C(F)F)C2)c(OC2CCCC2)c1. The summed E-state index contributed by atoms with van der Waals surface area (Å²) in [7, 11) is 1.55. The van der Waals surface area contributed by atoms with Crippen LogP contribution in [0.3, 0.4) is 0 Å². The van der Waals surface area contributed by atoms with Gasteiger partial charge in [-0.3, -0.25) is 4.79 Å². The Morgan fingerprint density at radius 3 is 2.76 bits per heavy atom. The van der Waals surface area contributed by atoms with Crippen molar-refractivity contribution in [1.82, 2.24) is 4.90 Å². The highest BCUT2D eigenvalue weighted by Crippen LogP contribution is 2.31. The van der Waals surface area contributed by atoms with Gasteiger partial charge in [0.1, 0.15) is 17.6 Å². The van der Waals surface area contributed by atoms with E-state index >= 15 is 0 Å². The van der Waals surface area contributed by atoms with Crippen LogP contribution in [0.25, 0.3) is 0 Å². The molecule has 7 heteroatoms. The van der Waals surface area contributed by atoms with Crippen LogP contribution < -0.4 is 9.47 Å². The van der Waals surface area contributed by atoms with Crippen molar-refractivity contribution < 1.29 is 27.8 Å². The van der Waals surface area contributed by atoms with Gasteiger partial charge < -0.3 is 19.1 Å². The van der Waals surface area contributed by atoms with Gasteiger partial charge in [-0.15, -0.1) is 0 Å². The lowest BCUT2D eigenvalue weighted by molar-refractivity contribution is -0.0943. The zero-order valence-electron chi connectivity index (χ0n) is 14.2. The zero-order chi connectivity index (χ0) is 17.8. The Kier molecular flexibility index (Phi) is 5.73. The van der Waals surface area contributed by atoms with Crippen molar-refractivity contribution in [3.63, 3.8) is 0 Å². The lowest BCUT2D eigenvalue weighted by Crippen LogP contribution is -2.48. The van der Waals surface area contributed by atoms with Crippen LogP contribution >= 0.6 is 0 Å². The second-order valence-electron chi connectivity index (χ2n) is 6.38. The summed E-state index contributed by atoms with van der Waals surface area (Å²) in [6.45, 7) is 0.276. The van der Waals surface area contributed by atoms with E-state index in [-0.39, 0.29) is 31.7 Å². The first-order valence-corrected chi connectivity index (χ1v) is 8.62. The van der Waals surface area contributed by atoms with Crippen molar-refractivity contribution >= 4 is 5.91 Å². The maximum atomic E-state index is 12.9. The van der Waals surface area contributed by atoms with Crippen molar-refractivity contribution in [2.45, 2.75) is 44.3 Å². The van der Waals surface area contributed by atoms with Crippen LogP contribution in [0.15, 0.2) is 18.2 Å². The van der Waals surface area contributed by atoms with Crippen LogP contribution in [0.5, 0.6) is 11.5 Å². The van der Waals surface area contributed by atoms with Gasteiger partial charge >= 0.3 is 0 Å². The summed E-state index contributed by atoms with van der Waals surface area (Å²) in [5.74, 6) is 0.734. The zero-order valence-corrected chi connectivity index (χ0v) is 14.2. The Bertz CT molecular complexity index is 605. The Hall–Kier alpha value is -1.89. The number of morpholine rings is 1. The number of hydrogen-bond acceptors (Lipinski definition) is 4. The highest BCUT2D eigenvalue weighted by atomic mass is 19.3. The largest absolute Gasteiger partial charge is 0.497 e. The number of alkyl halides is 2. The molecule has 1 atom stereocenters. The maximum absolute atomic E-state index is 12.9. The van der Waals surface area contributed by atoms with Crippen molar-refractivity contribution in [1.29, 1.82) is 0 Å². The average molecular weight is 355 g/mol. The summed E-state index contributed by atoms with van der Waals surface area (Å²) in [4.78, 5) is 14.3. The van der Waals surface area contributed by atoms with Gasteiger partial charge in [0.25, 0.3) is 12.3 Å². The lowest BCUT2D eigenvalue weighted by Gasteiger charge is -2.33. The van der Waals surface area contributed by atoms with E-state index in [0.717, 1.165) is 25.7 Å². The normalized spacial score (nSPS) is 21.6. The van der Waals surface area contributed by atoms with E-state index in [1.54, 1.807) is 25.3 Å². The van der Waals surface area contributed by atoms with Gasteiger partial charge in [-0.25, -0.2) is 8.78 Å². The van der Waals surface area contributed by atoms with Gasteiger partial charge in [0.05, 0.1) is 31.9 Å². The molecule has 1 aromatic rings. The fourth-order valence-electron chi connectivity index (χ4n) is 3.27. The van der Waals surface area contributed by atoms with Crippen LogP contribution in [-0.4, -0.2) is 56.2 Å². The van der Waals surface area contributed by atoms with Crippen LogP contribution in [0.2, 0.25) is 0 Å². The minimum Gasteiger partial charge on any atom is -0.497 e. The topological polar surface area (TPSA) is 48.0 Å². The van der Waals surface area contributed by atoms with Gasteiger partial charge in [-0.05, 0) is 37.8 Å². The van der Waals surface area contributed by atoms with Crippen LogP contribution in [-0.2, 0) is 4.74 Å². The highest BCUT2D eigenvalue weighted by Gasteiger charge is 2.32. The third-order valence-corrected chi connectivity index (χ3v) is 4.68. The molecule has 138 valence electrons. The lowest BCUT2D eigenvalue weighted by atomic mass is 10.1. The first-order chi connectivity index (χ1) is 12.1. The number of carbonyl (C=O) groups is 1. The third-order valence-electron chi connectivity index (χ3n) is 4.68. The molecular weight excluding hydrogens is 332 g/mol. The fourth-order valence-corrected chi connectivity index (χ4v) is 3.27. The Morgan fingerprint density at radius 1 is 1.32 bits per heavy atom. The van der Waals surface area contributed by atoms with Gasteiger partial charge in [-0.1, -0.05) is 0 Å². The molecule has 1 aliphatic heterocycles. The summed E-state index contributed by atoms with van der Waals surface area (Å²) in [5, 5.41) is 0. The maximum Gasteiger partial charge on any atom is 0.266 e. The van der Waals surface area contributed by atoms with Gasteiger partial charge in [0.2, 0.25) is 0 Å². The quantitative estimate of drug-likeness (QED) is 0.814. The molecule has 1 aromatic carbocycles. The van der Waals surface area contributed by atoms with E-state index in [1.807, 2.05) is 0 Å². The molecule has 1 amide bonds. The van der Waals surface area contributed by atoms with Gasteiger partial charge in [-0.2, -0.15) is 0 Å². The van der Waals surface area contributed by atoms with Crippen molar-refractivity contribution in [2.24, 2.45) is 0 Å². The number of carbonyl (C=O) groups excluding carboxylic acids is 1. The molecule has 0 aromatic heterocycles. The molecule has 1 saturated heterocycles. The molecule has 1 aliphatic carbocycles. The predicted molar refractivity (Wildman–Crippen MR) is 87.5 cm³/mol. The molecule has 2 aliphatic rings. The number of hydrogen-bond donors (Lipinski definition) is 0. The first kappa shape index (κ1) is 17.9. The number of halogens is 2. The molecular formula is C18H23F2NO4. The van der Waals surface area contributed by atoms with Crippen LogP contribution in [0.4, 0.5) is 8.78 Å². The van der Waals surface area contributed by atoms with E-state index in [0.29, 0.717) is 17.1 Å². The number of rotatable bonds is 5.